The highest BCUT2D eigenvalue weighted by atomic mass is 35.7. The molecule has 3 nitrogen and oxygen atoms in total. The highest BCUT2D eigenvalue weighted by Crippen LogP contribution is 2.64. The molecule has 1 aromatic carbocycles. The van der Waals surface area contributed by atoms with Gasteiger partial charge in [0, 0.05) is 17.8 Å². The Labute approximate surface area is 109 Å². The van der Waals surface area contributed by atoms with Gasteiger partial charge in [0.2, 0.25) is 0 Å². The summed E-state index contributed by atoms with van der Waals surface area (Å²) in [4.78, 5) is 2.99. The molecule has 1 N–H and O–H groups in total. The summed E-state index contributed by atoms with van der Waals surface area (Å²) in [5.74, 6) is 0. The molecule has 9 heteroatoms. The summed E-state index contributed by atoms with van der Waals surface area (Å²) in [7, 11) is -0.235. The Morgan fingerprint density at radius 3 is 1.47 bits per heavy atom. The lowest BCUT2D eigenvalue weighted by Gasteiger charge is -2.29. The van der Waals surface area contributed by atoms with Gasteiger partial charge in [-0.25, -0.2) is 0 Å². The fourth-order valence-corrected chi connectivity index (χ4v) is 6.39. The van der Waals surface area contributed by atoms with Crippen LogP contribution in [0, 0.1) is 0 Å². The number of benzene rings is 1. The second-order valence-electron chi connectivity index (χ2n) is 2.26. The molecule has 1 aliphatic heterocycles. The van der Waals surface area contributed by atoms with E-state index in [1.54, 1.807) is 0 Å². The van der Waals surface area contributed by atoms with E-state index >= 15 is 0 Å². The van der Waals surface area contributed by atoms with Crippen LogP contribution in [0.25, 0.3) is 0 Å². The number of hydrogen-bond acceptors (Lipinski definition) is 3. The fraction of sp³-hybridized carbons (Fsp3) is 0. The van der Waals surface area contributed by atoms with Crippen molar-refractivity contribution in [3.63, 3.8) is 0 Å². The van der Waals surface area contributed by atoms with Gasteiger partial charge in [-0.1, -0.05) is 47.6 Å². The number of nitrogens with one attached hydrogen (secondary N) is 1. The Balaban J connectivity index is 0.000000162. The lowest BCUT2D eigenvalue weighted by atomic mass is 10.4. The number of nitrogens with zero attached hydrogens (tertiary/aromatic N) is 2. The summed E-state index contributed by atoms with van der Waals surface area (Å²) in [6, 6.07) is 12.0. The maximum atomic E-state index is 5.74. The molecule has 0 spiro atoms. The van der Waals surface area contributed by atoms with Crippen LogP contribution in [0.2, 0.25) is 0 Å². The molecule has 1 fully saturated rings. The third kappa shape index (κ3) is 5.94. The van der Waals surface area contributed by atoms with Crippen molar-refractivity contribution >= 4 is 60.1 Å². The minimum absolute atomic E-state index is 0.374. The van der Waals surface area contributed by atoms with Crippen LogP contribution < -0.4 is 4.86 Å². The van der Waals surface area contributed by atoms with Crippen LogP contribution >= 0.6 is 60.1 Å². The van der Waals surface area contributed by atoms with Crippen LogP contribution in [0.3, 0.4) is 0 Å². The highest BCUT2D eigenvalue weighted by molar-refractivity contribution is 7.91. The first-order valence-corrected chi connectivity index (χ1v) is 8.58. The first-order valence-electron chi connectivity index (χ1n) is 3.85. The van der Waals surface area contributed by atoms with E-state index in [0.29, 0.717) is 17.8 Å². The standard InChI is InChI=1S/C6H6.Cl3H3N3P3/c1-2-4-6-5-3-1;1-5-7-4-8-6(2)9(5)3/h1-6H;4,7-8H. The van der Waals surface area contributed by atoms with Gasteiger partial charge in [-0.3, -0.25) is 4.86 Å². The predicted molar refractivity (Wildman–Crippen MR) is 74.4 cm³/mol. The zero-order chi connectivity index (χ0) is 11.1. The van der Waals surface area contributed by atoms with Crippen molar-refractivity contribution in [3.05, 3.63) is 36.4 Å². The monoisotopic (exact) mass is 321 g/mol. The van der Waals surface area contributed by atoms with E-state index in [-0.39, 0.29) is 0 Å². The van der Waals surface area contributed by atoms with E-state index in [1.807, 2.05) is 36.4 Å². The summed E-state index contributed by atoms with van der Waals surface area (Å²) >= 11 is 17.0. The Bertz CT molecular complexity index is 232. The maximum absolute atomic E-state index is 5.74. The number of rotatable bonds is 0. The predicted octanol–water partition coefficient (Wildman–Crippen LogP) is 4.67. The highest BCUT2D eigenvalue weighted by Gasteiger charge is 2.25. The molecule has 2 rings (SSSR count). The van der Waals surface area contributed by atoms with Crippen molar-refractivity contribution in [1.82, 2.24) is 12.8 Å². The first kappa shape index (κ1) is 14.3. The molecule has 2 unspecified atom stereocenters. The smallest absolute Gasteiger partial charge is 0.179 e. The average molecular weight is 322 g/mol. The second-order valence-corrected chi connectivity index (χ2v) is 9.26. The van der Waals surface area contributed by atoms with Gasteiger partial charge in [-0.15, -0.1) is 7.92 Å². The summed E-state index contributed by atoms with van der Waals surface area (Å²) in [6.45, 7) is 0. The molecule has 0 saturated carbocycles. The van der Waals surface area contributed by atoms with Crippen molar-refractivity contribution in [3.8, 4) is 0 Å². The average Bonchev–Trinajstić information content (AvgIpc) is 2.29. The Hall–Kier alpha value is 1.26. The molecule has 15 heavy (non-hydrogen) atoms. The lowest BCUT2D eigenvalue weighted by molar-refractivity contribution is 1.04. The topological polar surface area (TPSA) is 18.5 Å². The van der Waals surface area contributed by atoms with Crippen LogP contribution in [0.1, 0.15) is 0 Å². The normalized spacial score (nSPS) is 26.2. The minimum Gasteiger partial charge on any atom is -0.251 e. The fourth-order valence-electron chi connectivity index (χ4n) is 0.654. The molecular formula is C6H9Cl3N3P3. The number of hydrogen-bond donors (Lipinski definition) is 1. The summed E-state index contributed by atoms with van der Waals surface area (Å²) in [5, 5.41) is 0. The molecule has 0 aliphatic carbocycles. The molecule has 1 heterocycles. The van der Waals surface area contributed by atoms with Crippen molar-refractivity contribution in [2.24, 2.45) is 0 Å². The van der Waals surface area contributed by atoms with Crippen LogP contribution in [0.15, 0.2) is 36.4 Å². The molecule has 1 aliphatic rings. The zero-order valence-corrected chi connectivity index (χ0v) is 12.6. The molecule has 2 atom stereocenters. The minimum atomic E-state index is -0.982. The van der Waals surface area contributed by atoms with Gasteiger partial charge < -0.3 is 0 Å². The van der Waals surface area contributed by atoms with Crippen molar-refractivity contribution < 1.29 is 0 Å². The molecule has 1 saturated heterocycles. The summed E-state index contributed by atoms with van der Waals surface area (Å²) < 4.78 is 2.95. The van der Waals surface area contributed by atoms with Gasteiger partial charge in [-0.05, 0) is 23.6 Å². The Morgan fingerprint density at radius 2 is 1.20 bits per heavy atom. The number of halogens is 3. The van der Waals surface area contributed by atoms with Crippen molar-refractivity contribution in [1.29, 1.82) is 0 Å². The molecule has 0 aromatic heterocycles. The summed E-state index contributed by atoms with van der Waals surface area (Å²) in [6.07, 6.45) is 0. The first-order chi connectivity index (χ1) is 7.22. The zero-order valence-electron chi connectivity index (χ0n) is 7.44. The van der Waals surface area contributed by atoms with E-state index in [0.717, 1.165) is 0 Å². The SMILES string of the molecule is ClN1PNPN(Cl)P1Cl.c1ccccc1. The quantitative estimate of drug-likeness (QED) is 0.553. The second kappa shape index (κ2) is 8.37. The molecule has 84 valence electrons. The molecule has 1 aromatic rings. The van der Waals surface area contributed by atoms with Crippen LogP contribution in [-0.2, 0) is 0 Å². The van der Waals surface area contributed by atoms with Gasteiger partial charge in [0.15, 0.2) is 7.58 Å². The van der Waals surface area contributed by atoms with Gasteiger partial charge >= 0.3 is 0 Å². The van der Waals surface area contributed by atoms with E-state index in [1.165, 1.54) is 7.92 Å². The van der Waals surface area contributed by atoms with Crippen molar-refractivity contribution in [2.75, 3.05) is 0 Å². The molecular weight excluding hydrogens is 313 g/mol. The van der Waals surface area contributed by atoms with E-state index < -0.39 is 7.58 Å². The Morgan fingerprint density at radius 1 is 0.867 bits per heavy atom. The van der Waals surface area contributed by atoms with E-state index in [4.69, 9.17) is 34.8 Å². The van der Waals surface area contributed by atoms with Crippen LogP contribution in [-0.4, -0.2) is 7.92 Å². The van der Waals surface area contributed by atoms with Crippen LogP contribution in [0.5, 0.6) is 0 Å². The third-order valence-corrected chi connectivity index (χ3v) is 8.33. The van der Waals surface area contributed by atoms with Gasteiger partial charge in [0.25, 0.3) is 0 Å². The van der Waals surface area contributed by atoms with Crippen LogP contribution in [0.4, 0.5) is 0 Å². The van der Waals surface area contributed by atoms with Gasteiger partial charge in [-0.2, -0.15) is 0 Å². The van der Waals surface area contributed by atoms with E-state index in [2.05, 4.69) is 4.86 Å². The van der Waals surface area contributed by atoms with E-state index in [9.17, 15) is 0 Å². The maximum Gasteiger partial charge on any atom is 0.179 e. The van der Waals surface area contributed by atoms with Gasteiger partial charge in [0.05, 0.1) is 0 Å². The lowest BCUT2D eigenvalue weighted by Crippen LogP contribution is -2.10. The van der Waals surface area contributed by atoms with Gasteiger partial charge in [0.1, 0.15) is 0 Å². The van der Waals surface area contributed by atoms with Crippen molar-refractivity contribution in [2.45, 2.75) is 0 Å². The molecule has 0 radical (unpaired) electrons. The molecule has 0 bridgehead atoms. The third-order valence-electron chi connectivity index (χ3n) is 1.25. The molecule has 0 amide bonds. The summed E-state index contributed by atoms with van der Waals surface area (Å²) in [5.41, 5.74) is 0. The Kier molecular flexibility index (Phi) is 7.99. The largest absolute Gasteiger partial charge is 0.251 e.